The van der Waals surface area contributed by atoms with Crippen LogP contribution in [0.1, 0.15) is 10.6 Å². The van der Waals surface area contributed by atoms with Gasteiger partial charge >= 0.3 is 0 Å². The van der Waals surface area contributed by atoms with Crippen molar-refractivity contribution < 1.29 is 4.79 Å². The van der Waals surface area contributed by atoms with Gasteiger partial charge in [-0.25, -0.2) is 9.67 Å². The van der Waals surface area contributed by atoms with Crippen LogP contribution in [0.15, 0.2) is 73.1 Å². The van der Waals surface area contributed by atoms with Crippen LogP contribution in [0.3, 0.4) is 0 Å². The molecule has 6 heteroatoms. The molecule has 134 valence electrons. The SMILES string of the molecule is CN(Cc1nc2ccccc2s1)C(=O)/C=C/c1cnn(-c2ccccc2)c1. The molecule has 5 nitrogen and oxygen atoms in total. The van der Waals surface area contributed by atoms with Crippen molar-refractivity contribution in [3.63, 3.8) is 0 Å². The topological polar surface area (TPSA) is 51.0 Å². The highest BCUT2D eigenvalue weighted by atomic mass is 32.1. The second-order valence-corrected chi connectivity index (χ2v) is 7.27. The van der Waals surface area contributed by atoms with Crippen LogP contribution in [0.2, 0.25) is 0 Å². The van der Waals surface area contributed by atoms with Crippen LogP contribution in [-0.2, 0) is 11.3 Å². The fourth-order valence-electron chi connectivity index (χ4n) is 2.71. The maximum atomic E-state index is 12.4. The van der Waals surface area contributed by atoms with Gasteiger partial charge in [0.25, 0.3) is 0 Å². The van der Waals surface area contributed by atoms with Crippen molar-refractivity contribution in [2.45, 2.75) is 6.54 Å². The lowest BCUT2D eigenvalue weighted by atomic mass is 10.3. The van der Waals surface area contributed by atoms with E-state index in [1.807, 2.05) is 60.8 Å². The Balaban J connectivity index is 1.41. The minimum absolute atomic E-state index is 0.0679. The summed E-state index contributed by atoms with van der Waals surface area (Å²) in [7, 11) is 1.78. The van der Waals surface area contributed by atoms with E-state index < -0.39 is 0 Å². The van der Waals surface area contributed by atoms with E-state index in [4.69, 9.17) is 0 Å². The fourth-order valence-corrected chi connectivity index (χ4v) is 3.73. The molecular formula is C21H18N4OS. The molecule has 1 amide bonds. The average molecular weight is 374 g/mol. The van der Waals surface area contributed by atoms with Crippen molar-refractivity contribution in [2.24, 2.45) is 0 Å². The van der Waals surface area contributed by atoms with Gasteiger partial charge in [0, 0.05) is 24.9 Å². The number of likely N-dealkylation sites (N-methyl/N-ethyl adjacent to an activating group) is 1. The molecule has 2 aromatic heterocycles. The van der Waals surface area contributed by atoms with E-state index in [-0.39, 0.29) is 5.91 Å². The van der Waals surface area contributed by atoms with Crippen molar-refractivity contribution in [3.05, 3.63) is 83.6 Å². The summed E-state index contributed by atoms with van der Waals surface area (Å²) >= 11 is 1.62. The van der Waals surface area contributed by atoms with E-state index in [2.05, 4.69) is 10.1 Å². The molecule has 4 aromatic rings. The van der Waals surface area contributed by atoms with Gasteiger partial charge < -0.3 is 4.90 Å². The molecule has 0 aliphatic rings. The van der Waals surface area contributed by atoms with Crippen LogP contribution >= 0.6 is 11.3 Å². The van der Waals surface area contributed by atoms with Crippen LogP contribution in [0.25, 0.3) is 22.0 Å². The predicted molar refractivity (Wildman–Crippen MR) is 109 cm³/mol. The molecule has 0 N–H and O–H groups in total. The summed E-state index contributed by atoms with van der Waals surface area (Å²) in [5.41, 5.74) is 2.83. The van der Waals surface area contributed by atoms with E-state index in [0.717, 1.165) is 26.5 Å². The molecule has 0 saturated heterocycles. The highest BCUT2D eigenvalue weighted by molar-refractivity contribution is 7.18. The highest BCUT2D eigenvalue weighted by Crippen LogP contribution is 2.22. The third kappa shape index (κ3) is 3.96. The summed E-state index contributed by atoms with van der Waals surface area (Å²) in [5, 5.41) is 5.26. The first-order valence-electron chi connectivity index (χ1n) is 8.57. The van der Waals surface area contributed by atoms with Gasteiger partial charge in [-0.3, -0.25) is 4.79 Å². The third-order valence-electron chi connectivity index (χ3n) is 4.13. The Morgan fingerprint density at radius 3 is 2.74 bits per heavy atom. The van der Waals surface area contributed by atoms with E-state index in [9.17, 15) is 4.79 Å². The minimum atomic E-state index is -0.0679. The van der Waals surface area contributed by atoms with Crippen molar-refractivity contribution in [1.82, 2.24) is 19.7 Å². The van der Waals surface area contributed by atoms with E-state index in [0.29, 0.717) is 6.54 Å². The third-order valence-corrected chi connectivity index (χ3v) is 5.15. The number of para-hydroxylation sites is 2. The minimum Gasteiger partial charge on any atom is -0.335 e. The number of amides is 1. The summed E-state index contributed by atoms with van der Waals surface area (Å²) in [4.78, 5) is 18.6. The Morgan fingerprint density at radius 1 is 1.15 bits per heavy atom. The zero-order valence-electron chi connectivity index (χ0n) is 14.8. The number of benzene rings is 2. The largest absolute Gasteiger partial charge is 0.335 e. The Hall–Kier alpha value is -3.25. The van der Waals surface area contributed by atoms with Gasteiger partial charge in [0.2, 0.25) is 5.91 Å². The Bertz CT molecular complexity index is 1060. The van der Waals surface area contributed by atoms with Gasteiger partial charge in [0.15, 0.2) is 0 Å². The average Bonchev–Trinajstić information content (AvgIpc) is 3.33. The quantitative estimate of drug-likeness (QED) is 0.493. The molecule has 2 aromatic carbocycles. The number of hydrogen-bond acceptors (Lipinski definition) is 4. The lowest BCUT2D eigenvalue weighted by Gasteiger charge is -2.12. The molecule has 4 rings (SSSR count). The van der Waals surface area contributed by atoms with Gasteiger partial charge in [-0.2, -0.15) is 5.10 Å². The van der Waals surface area contributed by atoms with Crippen molar-refractivity contribution in [2.75, 3.05) is 7.05 Å². The molecule has 0 fully saturated rings. The molecule has 0 unspecified atom stereocenters. The van der Waals surface area contributed by atoms with Crippen LogP contribution in [0.4, 0.5) is 0 Å². The molecular weight excluding hydrogens is 356 g/mol. The van der Waals surface area contributed by atoms with E-state index in [1.54, 1.807) is 46.3 Å². The van der Waals surface area contributed by atoms with Crippen LogP contribution in [0, 0.1) is 0 Å². The molecule has 0 aliphatic heterocycles. The molecule has 0 spiro atoms. The lowest BCUT2D eigenvalue weighted by molar-refractivity contribution is -0.125. The maximum absolute atomic E-state index is 12.4. The number of nitrogens with zero attached hydrogens (tertiary/aromatic N) is 4. The number of carbonyl (C=O) groups is 1. The van der Waals surface area contributed by atoms with Crippen molar-refractivity contribution in [3.8, 4) is 5.69 Å². The van der Waals surface area contributed by atoms with Gasteiger partial charge in [-0.15, -0.1) is 11.3 Å². The van der Waals surface area contributed by atoms with Crippen LogP contribution < -0.4 is 0 Å². The molecule has 0 bridgehead atoms. The summed E-state index contributed by atoms with van der Waals surface area (Å²) in [6, 6.07) is 17.9. The number of carbonyl (C=O) groups excluding carboxylic acids is 1. The van der Waals surface area contributed by atoms with Crippen LogP contribution in [0.5, 0.6) is 0 Å². The second kappa shape index (κ2) is 7.55. The summed E-state index contributed by atoms with van der Waals surface area (Å²) < 4.78 is 2.92. The molecule has 0 saturated carbocycles. The van der Waals surface area contributed by atoms with Crippen LogP contribution in [-0.4, -0.2) is 32.6 Å². The van der Waals surface area contributed by atoms with Gasteiger partial charge in [-0.05, 0) is 30.3 Å². The summed E-state index contributed by atoms with van der Waals surface area (Å²) in [6.45, 7) is 0.492. The normalized spacial score (nSPS) is 11.3. The van der Waals surface area contributed by atoms with E-state index >= 15 is 0 Å². The molecule has 0 aliphatic carbocycles. The van der Waals surface area contributed by atoms with Gasteiger partial charge in [-0.1, -0.05) is 30.3 Å². The number of fused-ring (bicyclic) bond motifs is 1. The predicted octanol–water partition coefficient (Wildman–Crippen LogP) is 4.15. The molecule has 0 atom stereocenters. The van der Waals surface area contributed by atoms with Crippen molar-refractivity contribution >= 4 is 33.5 Å². The summed E-state index contributed by atoms with van der Waals surface area (Å²) in [6.07, 6.45) is 6.99. The number of rotatable bonds is 5. The molecule has 27 heavy (non-hydrogen) atoms. The first-order valence-corrected chi connectivity index (χ1v) is 9.38. The van der Waals surface area contributed by atoms with E-state index in [1.165, 1.54) is 0 Å². The number of hydrogen-bond donors (Lipinski definition) is 0. The standard InChI is InChI=1S/C21H18N4OS/c1-24(15-20-23-18-9-5-6-10-19(18)27-20)21(26)12-11-16-13-22-25(14-16)17-7-3-2-4-8-17/h2-14H,15H2,1H3/b12-11+. The summed E-state index contributed by atoms with van der Waals surface area (Å²) in [5.74, 6) is -0.0679. The zero-order valence-corrected chi connectivity index (χ0v) is 15.6. The van der Waals surface area contributed by atoms with Gasteiger partial charge in [0.1, 0.15) is 5.01 Å². The first kappa shape index (κ1) is 17.2. The highest BCUT2D eigenvalue weighted by Gasteiger charge is 2.10. The fraction of sp³-hybridized carbons (Fsp3) is 0.0952. The molecule has 2 heterocycles. The Morgan fingerprint density at radius 2 is 1.93 bits per heavy atom. The second-order valence-electron chi connectivity index (χ2n) is 6.16. The first-order chi connectivity index (χ1) is 13.2. The maximum Gasteiger partial charge on any atom is 0.246 e. The van der Waals surface area contributed by atoms with Crippen molar-refractivity contribution in [1.29, 1.82) is 0 Å². The van der Waals surface area contributed by atoms with Gasteiger partial charge in [0.05, 0.1) is 28.6 Å². The lowest BCUT2D eigenvalue weighted by Crippen LogP contribution is -2.23. The monoisotopic (exact) mass is 374 g/mol. The number of thiazole rings is 1. The Kier molecular flexibility index (Phi) is 4.80. The zero-order chi connectivity index (χ0) is 18.6. The number of aromatic nitrogens is 3. The molecule has 0 radical (unpaired) electrons. The smallest absolute Gasteiger partial charge is 0.246 e. The Labute approximate surface area is 161 Å².